The Morgan fingerprint density at radius 2 is 0.941 bits per heavy atom. The number of ether oxygens (including phenoxy) is 1. The molecule has 0 heterocycles. The molecule has 0 unspecified atom stereocenters. The SMILES string of the molecule is O=C(N/N=C\[C@H]1C[C@H]2C[C@H]1[C@@](F)(C(F)(F)F)C2(F)F)c1ccc(Oc2ccc(C(=O)N/N=C\[C@H]3C[C@H]4C[C@H]3[C@@](F)(C(F)(F)F)C4(F)F)cc2)cc1. The highest BCUT2D eigenvalue weighted by Gasteiger charge is 2.84. The predicted molar refractivity (Wildman–Crippen MR) is 154 cm³/mol. The normalized spacial score (nSPS) is 33.6. The van der Waals surface area contributed by atoms with Gasteiger partial charge in [-0.3, -0.25) is 9.59 Å². The van der Waals surface area contributed by atoms with E-state index in [2.05, 4.69) is 21.1 Å². The summed E-state index contributed by atoms with van der Waals surface area (Å²) in [5.41, 5.74) is -5.21. The third-order valence-electron chi connectivity index (χ3n) is 10.4. The second-order valence-electron chi connectivity index (χ2n) is 13.1. The zero-order valence-electron chi connectivity index (χ0n) is 25.7. The molecule has 4 aliphatic carbocycles. The molecule has 4 fully saturated rings. The first-order chi connectivity index (χ1) is 23.6. The lowest BCUT2D eigenvalue weighted by atomic mass is 9.76. The van der Waals surface area contributed by atoms with Crippen molar-refractivity contribution in [2.75, 3.05) is 0 Å². The predicted octanol–water partition coefficient (Wildman–Crippen LogP) is 8.03. The van der Waals surface area contributed by atoms with Crippen LogP contribution in [0.1, 0.15) is 46.4 Å². The Balaban J connectivity index is 0.988. The van der Waals surface area contributed by atoms with Gasteiger partial charge in [0.2, 0.25) is 0 Å². The first-order valence-corrected chi connectivity index (χ1v) is 15.4. The Kier molecular flexibility index (Phi) is 8.68. The summed E-state index contributed by atoms with van der Waals surface area (Å²) in [7, 11) is 0. The molecule has 2 aromatic carbocycles. The second kappa shape index (κ2) is 12.1. The van der Waals surface area contributed by atoms with E-state index in [0.29, 0.717) is 0 Å². The van der Waals surface area contributed by atoms with Crippen LogP contribution in [0.2, 0.25) is 0 Å². The molecule has 7 nitrogen and oxygen atoms in total. The van der Waals surface area contributed by atoms with Crippen molar-refractivity contribution in [1.29, 1.82) is 0 Å². The van der Waals surface area contributed by atoms with Crippen LogP contribution in [-0.4, -0.2) is 59.8 Å². The molecule has 0 radical (unpaired) electrons. The van der Waals surface area contributed by atoms with Gasteiger partial charge in [-0.2, -0.15) is 36.5 Å². The molecule has 4 saturated carbocycles. The number of benzene rings is 2. The van der Waals surface area contributed by atoms with E-state index < -0.39 is 109 Å². The molecule has 0 saturated heterocycles. The smallest absolute Gasteiger partial charge is 0.428 e. The van der Waals surface area contributed by atoms with Gasteiger partial charge in [0, 0.05) is 59.1 Å². The summed E-state index contributed by atoms with van der Waals surface area (Å²) in [5.74, 6) is -20.6. The summed E-state index contributed by atoms with van der Waals surface area (Å²) in [6, 6.07) is 10.7. The van der Waals surface area contributed by atoms with E-state index in [0.717, 1.165) is 12.4 Å². The van der Waals surface area contributed by atoms with E-state index in [1.165, 1.54) is 48.5 Å². The van der Waals surface area contributed by atoms with E-state index in [1.54, 1.807) is 0 Å². The van der Waals surface area contributed by atoms with Crippen LogP contribution >= 0.6 is 0 Å². The van der Waals surface area contributed by atoms with E-state index in [4.69, 9.17) is 4.74 Å². The number of amides is 2. The van der Waals surface area contributed by atoms with Crippen LogP contribution in [0.5, 0.6) is 11.5 Å². The van der Waals surface area contributed by atoms with E-state index in [-0.39, 0.29) is 22.6 Å². The molecular formula is C32H26F12N4O3. The van der Waals surface area contributed by atoms with Gasteiger partial charge in [-0.15, -0.1) is 0 Å². The average molecular weight is 743 g/mol. The summed E-state index contributed by atoms with van der Waals surface area (Å²) in [5, 5.41) is 7.13. The molecule has 19 heteroatoms. The molecule has 8 atom stereocenters. The fourth-order valence-corrected chi connectivity index (χ4v) is 7.86. The Bertz CT molecular complexity index is 1600. The van der Waals surface area contributed by atoms with Crippen molar-refractivity contribution in [3.63, 3.8) is 0 Å². The minimum Gasteiger partial charge on any atom is -0.457 e. The van der Waals surface area contributed by atoms with Crippen LogP contribution in [0.15, 0.2) is 58.7 Å². The number of hydrogen-bond acceptors (Lipinski definition) is 5. The number of carbonyl (C=O) groups excluding carboxylic acids is 2. The Morgan fingerprint density at radius 1 is 0.608 bits per heavy atom. The van der Waals surface area contributed by atoms with Crippen molar-refractivity contribution in [3.8, 4) is 11.5 Å². The van der Waals surface area contributed by atoms with Crippen LogP contribution in [0.25, 0.3) is 0 Å². The van der Waals surface area contributed by atoms with Gasteiger partial charge in [0.05, 0.1) is 0 Å². The number of fused-ring (bicyclic) bond motifs is 4. The van der Waals surface area contributed by atoms with Gasteiger partial charge in [0.25, 0.3) is 35.0 Å². The first-order valence-electron chi connectivity index (χ1n) is 15.4. The molecule has 4 bridgehead atoms. The third-order valence-corrected chi connectivity index (χ3v) is 10.4. The molecule has 4 aliphatic rings. The van der Waals surface area contributed by atoms with Gasteiger partial charge in [0.15, 0.2) is 0 Å². The third kappa shape index (κ3) is 5.70. The fourth-order valence-electron chi connectivity index (χ4n) is 7.86. The highest BCUT2D eigenvalue weighted by Crippen LogP contribution is 2.69. The van der Waals surface area contributed by atoms with Crippen molar-refractivity contribution in [2.24, 2.45) is 45.7 Å². The molecule has 2 N–H and O–H groups in total. The molecule has 6 rings (SSSR count). The number of hydrogen-bond donors (Lipinski definition) is 2. The van der Waals surface area contributed by atoms with Crippen LogP contribution < -0.4 is 15.6 Å². The lowest BCUT2D eigenvalue weighted by molar-refractivity contribution is -0.320. The number of alkyl halides is 12. The van der Waals surface area contributed by atoms with Crippen molar-refractivity contribution in [3.05, 3.63) is 59.7 Å². The Labute approximate surface area is 280 Å². The Hall–Kier alpha value is -4.32. The number of carbonyl (C=O) groups is 2. The van der Waals surface area contributed by atoms with Gasteiger partial charge >= 0.3 is 12.4 Å². The molecule has 0 spiro atoms. The molecule has 2 amide bonds. The highest BCUT2D eigenvalue weighted by atomic mass is 19.4. The molecule has 0 aromatic heterocycles. The minimum atomic E-state index is -5.79. The lowest BCUT2D eigenvalue weighted by Crippen LogP contribution is -2.60. The fraction of sp³-hybridized carbons (Fsp3) is 0.500. The highest BCUT2D eigenvalue weighted by molar-refractivity contribution is 5.95. The first kappa shape index (κ1) is 36.5. The van der Waals surface area contributed by atoms with Crippen LogP contribution in [0, 0.1) is 35.5 Å². The maximum Gasteiger partial charge on any atom is 0.428 e. The summed E-state index contributed by atoms with van der Waals surface area (Å²) in [6.45, 7) is 0. The van der Waals surface area contributed by atoms with Gasteiger partial charge in [-0.25, -0.2) is 37.2 Å². The topological polar surface area (TPSA) is 92.1 Å². The van der Waals surface area contributed by atoms with Gasteiger partial charge < -0.3 is 4.74 Å². The van der Waals surface area contributed by atoms with Crippen LogP contribution in [0.4, 0.5) is 52.7 Å². The molecular weight excluding hydrogens is 716 g/mol. The van der Waals surface area contributed by atoms with Crippen LogP contribution in [0.3, 0.4) is 0 Å². The number of nitrogens with zero attached hydrogens (tertiary/aromatic N) is 2. The quantitative estimate of drug-likeness (QED) is 0.163. The number of halogens is 12. The van der Waals surface area contributed by atoms with Gasteiger partial charge in [0.1, 0.15) is 11.5 Å². The van der Waals surface area contributed by atoms with E-state index in [9.17, 15) is 62.3 Å². The van der Waals surface area contributed by atoms with Crippen molar-refractivity contribution >= 4 is 24.2 Å². The van der Waals surface area contributed by atoms with Crippen LogP contribution in [-0.2, 0) is 0 Å². The molecule has 2 aromatic rings. The second-order valence-corrected chi connectivity index (χ2v) is 13.1. The lowest BCUT2D eigenvalue weighted by Gasteiger charge is -2.40. The maximum atomic E-state index is 14.7. The van der Waals surface area contributed by atoms with E-state index in [1.807, 2.05) is 0 Å². The van der Waals surface area contributed by atoms with Crippen molar-refractivity contribution in [1.82, 2.24) is 10.9 Å². The zero-order valence-corrected chi connectivity index (χ0v) is 25.7. The maximum absolute atomic E-state index is 14.7. The summed E-state index contributed by atoms with van der Waals surface area (Å²) in [6.07, 6.45) is -12.1. The largest absolute Gasteiger partial charge is 0.457 e. The monoisotopic (exact) mass is 742 g/mol. The molecule has 276 valence electrons. The summed E-state index contributed by atoms with van der Waals surface area (Å²) >= 11 is 0. The average Bonchev–Trinajstić information content (AvgIpc) is 3.77. The van der Waals surface area contributed by atoms with Crippen molar-refractivity contribution in [2.45, 2.75) is 61.2 Å². The molecule has 51 heavy (non-hydrogen) atoms. The Morgan fingerprint density at radius 3 is 1.24 bits per heavy atom. The number of nitrogens with one attached hydrogen (secondary N) is 2. The molecule has 0 aliphatic heterocycles. The summed E-state index contributed by atoms with van der Waals surface area (Å²) < 4.78 is 171. The van der Waals surface area contributed by atoms with Gasteiger partial charge in [-0.1, -0.05) is 0 Å². The summed E-state index contributed by atoms with van der Waals surface area (Å²) in [4.78, 5) is 24.9. The zero-order chi connectivity index (χ0) is 37.4. The minimum absolute atomic E-state index is 0.0245. The number of hydrazone groups is 2. The number of rotatable bonds is 8. The van der Waals surface area contributed by atoms with Gasteiger partial charge in [-0.05, 0) is 74.2 Å². The van der Waals surface area contributed by atoms with E-state index >= 15 is 0 Å². The standard InChI is InChI=1S/C32H26F12N4O3/c33-27(31(39,40)41)23-11-19(29(27,35)36)9-17(23)13-45-47-25(49)15-1-5-21(6-2-15)51-22-7-3-16(4-8-22)26(50)48-46-14-18-10-20-12-24(18)28(34,30(20,37)38)32(42,43)44/h1-8,13-14,17-20,23-24H,9-12H2,(H,47,49)(H,48,50)/b45-13-,46-14-/t17-,18-,19+,20+,23-,24-,27+,28+/m1/s1. The van der Waals surface area contributed by atoms with Crippen molar-refractivity contribution < 1.29 is 67.0 Å².